The zero-order chi connectivity index (χ0) is 14.2. The molecule has 2 aromatic heterocycles. The molecule has 3 heterocycles. The molecule has 3 N–H and O–H groups in total. The maximum absolute atomic E-state index is 12.2. The number of H-pyrrole nitrogens is 1. The summed E-state index contributed by atoms with van der Waals surface area (Å²) in [6.45, 7) is 1.73. The van der Waals surface area contributed by atoms with Crippen molar-refractivity contribution in [1.29, 1.82) is 0 Å². The second-order valence-electron chi connectivity index (χ2n) is 5.02. The maximum atomic E-state index is 12.2. The lowest BCUT2D eigenvalue weighted by Crippen LogP contribution is -2.43. The number of rotatable bonds is 3. The van der Waals surface area contributed by atoms with Crippen LogP contribution in [0.3, 0.4) is 0 Å². The first-order chi connectivity index (χ1) is 10.3. The molecule has 1 aromatic carbocycles. The molecule has 1 fully saturated rings. The molecule has 1 aliphatic heterocycles. The first kappa shape index (κ1) is 12.0. The predicted molar refractivity (Wildman–Crippen MR) is 76.0 cm³/mol. The van der Waals surface area contributed by atoms with Crippen molar-refractivity contribution in [2.45, 2.75) is 6.04 Å². The van der Waals surface area contributed by atoms with E-state index in [1.165, 1.54) is 0 Å². The number of amides is 1. The van der Waals surface area contributed by atoms with Gasteiger partial charge in [0, 0.05) is 24.2 Å². The molecule has 1 saturated heterocycles. The molecule has 0 saturated carbocycles. The van der Waals surface area contributed by atoms with Crippen molar-refractivity contribution in [3.8, 4) is 0 Å². The molecule has 0 bridgehead atoms. The van der Waals surface area contributed by atoms with Crippen molar-refractivity contribution < 1.29 is 4.79 Å². The van der Waals surface area contributed by atoms with Crippen LogP contribution in [0.1, 0.15) is 16.5 Å². The molecule has 3 aromatic rings. The quantitative estimate of drug-likeness (QED) is 0.651. The zero-order valence-corrected chi connectivity index (χ0v) is 11.1. The van der Waals surface area contributed by atoms with Crippen molar-refractivity contribution in [3.63, 3.8) is 0 Å². The van der Waals surface area contributed by atoms with Crippen LogP contribution in [0.15, 0.2) is 30.6 Å². The molecular weight excluding hydrogens is 270 g/mol. The van der Waals surface area contributed by atoms with E-state index >= 15 is 0 Å². The van der Waals surface area contributed by atoms with Crippen molar-refractivity contribution in [3.05, 3.63) is 36.3 Å². The van der Waals surface area contributed by atoms with Gasteiger partial charge in [-0.25, -0.2) is 4.68 Å². The lowest BCUT2D eigenvalue weighted by Gasteiger charge is -2.26. The fourth-order valence-electron chi connectivity index (χ4n) is 2.24. The fraction of sp³-hybridized carbons (Fsp3) is 0.231. The summed E-state index contributed by atoms with van der Waals surface area (Å²) in [5.41, 5.74) is 1.94. The topological polar surface area (TPSA) is 101 Å². The highest BCUT2D eigenvalue weighted by Gasteiger charge is 2.21. The van der Waals surface area contributed by atoms with E-state index in [2.05, 4.69) is 31.1 Å². The van der Waals surface area contributed by atoms with Crippen LogP contribution >= 0.6 is 0 Å². The monoisotopic (exact) mass is 283 g/mol. The number of carbonyl (C=O) groups excluding carboxylic acids is 1. The molecule has 106 valence electrons. The molecule has 0 aliphatic carbocycles. The predicted octanol–water partition coefficient (Wildman–Crippen LogP) is 0.551. The van der Waals surface area contributed by atoms with Gasteiger partial charge in [-0.15, -0.1) is 5.10 Å². The number of hydrogen-bond donors (Lipinski definition) is 3. The van der Waals surface area contributed by atoms with E-state index in [1.54, 1.807) is 17.1 Å². The van der Waals surface area contributed by atoms with E-state index in [0.29, 0.717) is 17.4 Å². The van der Waals surface area contributed by atoms with Crippen LogP contribution in [-0.2, 0) is 0 Å². The third kappa shape index (κ3) is 2.15. The first-order valence-electron chi connectivity index (χ1n) is 6.66. The lowest BCUT2D eigenvalue weighted by atomic mass is 10.2. The Hall–Kier alpha value is -2.74. The van der Waals surface area contributed by atoms with Gasteiger partial charge in [0.05, 0.1) is 24.0 Å². The van der Waals surface area contributed by atoms with Crippen molar-refractivity contribution in [2.24, 2.45) is 0 Å². The number of nitrogens with zero attached hydrogens (tertiary/aromatic N) is 4. The van der Waals surface area contributed by atoms with E-state index in [-0.39, 0.29) is 5.91 Å². The molecule has 8 heteroatoms. The Kier molecular flexibility index (Phi) is 2.68. The van der Waals surface area contributed by atoms with Crippen molar-refractivity contribution >= 4 is 22.5 Å². The van der Waals surface area contributed by atoms with Crippen LogP contribution in [0.2, 0.25) is 0 Å². The number of carbonyl (C=O) groups is 1. The lowest BCUT2D eigenvalue weighted by molar-refractivity contribution is 0.102. The molecule has 1 aliphatic rings. The maximum Gasteiger partial charge on any atom is 0.277 e. The van der Waals surface area contributed by atoms with Gasteiger partial charge in [-0.1, -0.05) is 5.21 Å². The van der Waals surface area contributed by atoms with Gasteiger partial charge in [-0.2, -0.15) is 5.10 Å². The molecule has 0 spiro atoms. The van der Waals surface area contributed by atoms with Gasteiger partial charge in [0.2, 0.25) is 0 Å². The second-order valence-corrected chi connectivity index (χ2v) is 5.02. The summed E-state index contributed by atoms with van der Waals surface area (Å²) in [5, 5.41) is 21.6. The molecule has 8 nitrogen and oxygen atoms in total. The highest BCUT2D eigenvalue weighted by molar-refractivity contribution is 6.03. The minimum atomic E-state index is -0.267. The van der Waals surface area contributed by atoms with Crippen LogP contribution in [-0.4, -0.2) is 44.2 Å². The Balaban J connectivity index is 1.52. The molecule has 4 rings (SSSR count). The largest absolute Gasteiger partial charge is 0.321 e. The average Bonchev–Trinajstić information content (AvgIpc) is 3.04. The molecule has 1 amide bonds. The molecule has 0 radical (unpaired) electrons. The second kappa shape index (κ2) is 4.67. The number of hydrogen-bond acceptors (Lipinski definition) is 5. The Morgan fingerprint density at radius 1 is 1.38 bits per heavy atom. The average molecular weight is 283 g/mol. The van der Waals surface area contributed by atoms with E-state index in [1.807, 2.05) is 18.2 Å². The summed E-state index contributed by atoms with van der Waals surface area (Å²) in [6, 6.07) is 5.84. The number of nitrogens with one attached hydrogen (secondary N) is 3. The Morgan fingerprint density at radius 3 is 3.10 bits per heavy atom. The number of aromatic nitrogens is 5. The van der Waals surface area contributed by atoms with E-state index in [0.717, 1.165) is 24.0 Å². The van der Waals surface area contributed by atoms with Crippen LogP contribution in [0, 0.1) is 0 Å². The van der Waals surface area contributed by atoms with Crippen molar-refractivity contribution in [2.75, 3.05) is 18.4 Å². The summed E-state index contributed by atoms with van der Waals surface area (Å²) >= 11 is 0. The molecule has 0 atom stereocenters. The van der Waals surface area contributed by atoms with Gasteiger partial charge in [-0.3, -0.25) is 9.89 Å². The summed E-state index contributed by atoms with van der Waals surface area (Å²) in [7, 11) is 0. The summed E-state index contributed by atoms with van der Waals surface area (Å²) in [6.07, 6.45) is 3.39. The SMILES string of the molecule is O=C(Nc1ccc2[nH]ncc2c1)c1cn(C2CNC2)nn1. The highest BCUT2D eigenvalue weighted by atomic mass is 16.2. The normalized spacial score (nSPS) is 15.0. The third-order valence-corrected chi connectivity index (χ3v) is 3.58. The molecular formula is C13H13N7O. The van der Waals surface area contributed by atoms with Gasteiger partial charge in [0.1, 0.15) is 0 Å². The Morgan fingerprint density at radius 2 is 2.29 bits per heavy atom. The van der Waals surface area contributed by atoms with Gasteiger partial charge < -0.3 is 10.6 Å². The van der Waals surface area contributed by atoms with E-state index < -0.39 is 0 Å². The zero-order valence-electron chi connectivity index (χ0n) is 11.1. The van der Waals surface area contributed by atoms with Crippen molar-refractivity contribution in [1.82, 2.24) is 30.5 Å². The Bertz CT molecular complexity index is 802. The summed E-state index contributed by atoms with van der Waals surface area (Å²) in [4.78, 5) is 12.2. The number of fused-ring (bicyclic) bond motifs is 1. The van der Waals surface area contributed by atoms with Crippen LogP contribution in [0.5, 0.6) is 0 Å². The number of anilines is 1. The minimum Gasteiger partial charge on any atom is -0.321 e. The third-order valence-electron chi connectivity index (χ3n) is 3.58. The van der Waals surface area contributed by atoms with Gasteiger partial charge in [-0.05, 0) is 18.2 Å². The number of aromatic amines is 1. The van der Waals surface area contributed by atoms with Gasteiger partial charge in [0.15, 0.2) is 5.69 Å². The first-order valence-corrected chi connectivity index (χ1v) is 6.66. The van der Waals surface area contributed by atoms with Gasteiger partial charge >= 0.3 is 0 Å². The standard InChI is InChI=1S/C13H13N7O/c21-13(12-7-20(19-18-12)10-5-14-6-10)16-9-1-2-11-8(3-9)4-15-17-11/h1-4,7,10,14H,5-6H2,(H,15,17)(H,16,21). The molecule has 21 heavy (non-hydrogen) atoms. The Labute approximate surface area is 119 Å². The van der Waals surface area contributed by atoms with E-state index in [4.69, 9.17) is 0 Å². The van der Waals surface area contributed by atoms with Gasteiger partial charge in [0.25, 0.3) is 5.91 Å². The highest BCUT2D eigenvalue weighted by Crippen LogP contribution is 2.17. The van der Waals surface area contributed by atoms with E-state index in [9.17, 15) is 4.79 Å². The number of benzene rings is 1. The minimum absolute atomic E-state index is 0.267. The smallest absolute Gasteiger partial charge is 0.277 e. The van der Waals surface area contributed by atoms with Crippen LogP contribution in [0.25, 0.3) is 10.9 Å². The fourth-order valence-corrected chi connectivity index (χ4v) is 2.24. The van der Waals surface area contributed by atoms with Crippen LogP contribution in [0.4, 0.5) is 5.69 Å². The summed E-state index contributed by atoms with van der Waals surface area (Å²) < 4.78 is 1.73. The van der Waals surface area contributed by atoms with Crippen LogP contribution < -0.4 is 10.6 Å². The molecule has 0 unspecified atom stereocenters. The summed E-state index contributed by atoms with van der Waals surface area (Å²) in [5.74, 6) is -0.267.